The summed E-state index contributed by atoms with van der Waals surface area (Å²) in [6.45, 7) is 2.24. The van der Waals surface area contributed by atoms with Gasteiger partial charge in [0, 0.05) is 42.0 Å². The second-order valence-corrected chi connectivity index (χ2v) is 9.80. The van der Waals surface area contributed by atoms with Gasteiger partial charge in [-0.25, -0.2) is 4.98 Å². The van der Waals surface area contributed by atoms with Crippen molar-refractivity contribution in [1.82, 2.24) is 9.88 Å². The summed E-state index contributed by atoms with van der Waals surface area (Å²) in [5, 5.41) is 6.61. The standard InChI is InChI=1S/C32H25F3N4O/c33-32(34,35)30-17-29(26-13-4-5-15-28(26)38-30)36-23-11-7-12-24(16-23)37-31(40)25-14-6-10-22-19-39(20-27(22)25)18-21-8-2-1-3-9-21/h1-17H,18-20H2,(H,36,38)(H,37,40). The Kier molecular flexibility index (Phi) is 6.69. The van der Waals surface area contributed by atoms with Crippen LogP contribution in [0, 0.1) is 0 Å². The number of hydrogen-bond donors (Lipinski definition) is 2. The number of aromatic nitrogens is 1. The van der Waals surface area contributed by atoms with E-state index in [1.807, 2.05) is 30.3 Å². The minimum Gasteiger partial charge on any atom is -0.355 e. The third-order valence-corrected chi connectivity index (χ3v) is 6.95. The molecule has 200 valence electrons. The van der Waals surface area contributed by atoms with E-state index in [1.165, 1.54) is 5.56 Å². The summed E-state index contributed by atoms with van der Waals surface area (Å²) in [6, 6.07) is 30.6. The molecule has 0 saturated heterocycles. The average Bonchev–Trinajstić information content (AvgIpc) is 3.35. The maximum atomic E-state index is 13.5. The first-order valence-electron chi connectivity index (χ1n) is 12.9. The number of nitrogens with one attached hydrogen (secondary N) is 2. The predicted octanol–water partition coefficient (Wildman–Crippen LogP) is 7.77. The SMILES string of the molecule is O=C(Nc1cccc(Nc2cc(C(F)(F)F)nc3ccccc23)c1)c1cccc2c1CN(Cc1ccccc1)C2. The molecule has 1 amide bonds. The molecule has 2 N–H and O–H groups in total. The molecule has 0 saturated carbocycles. The van der Waals surface area contributed by atoms with Crippen molar-refractivity contribution in [2.45, 2.75) is 25.8 Å². The molecule has 0 atom stereocenters. The topological polar surface area (TPSA) is 57.3 Å². The van der Waals surface area contributed by atoms with Gasteiger partial charge in [0.1, 0.15) is 5.69 Å². The zero-order valence-electron chi connectivity index (χ0n) is 21.4. The number of carbonyl (C=O) groups excluding carboxylic acids is 1. The first kappa shape index (κ1) is 25.6. The highest BCUT2D eigenvalue weighted by Crippen LogP contribution is 2.35. The number of alkyl halides is 3. The molecule has 40 heavy (non-hydrogen) atoms. The predicted molar refractivity (Wildman–Crippen MR) is 150 cm³/mol. The lowest BCUT2D eigenvalue weighted by atomic mass is 10.0. The van der Waals surface area contributed by atoms with Crippen molar-refractivity contribution < 1.29 is 18.0 Å². The number of anilines is 3. The summed E-state index contributed by atoms with van der Waals surface area (Å²) in [4.78, 5) is 19.4. The van der Waals surface area contributed by atoms with Crippen molar-refractivity contribution in [3.63, 3.8) is 0 Å². The van der Waals surface area contributed by atoms with Gasteiger partial charge in [-0.05, 0) is 53.1 Å². The van der Waals surface area contributed by atoms with Crippen LogP contribution in [-0.2, 0) is 25.8 Å². The van der Waals surface area contributed by atoms with Crippen LogP contribution in [0.1, 0.15) is 32.7 Å². The molecular weight excluding hydrogens is 513 g/mol. The van der Waals surface area contributed by atoms with Crippen LogP contribution in [0.5, 0.6) is 0 Å². The average molecular weight is 539 g/mol. The molecule has 0 aliphatic carbocycles. The van der Waals surface area contributed by atoms with E-state index in [9.17, 15) is 18.0 Å². The van der Waals surface area contributed by atoms with Gasteiger partial charge in [0.25, 0.3) is 5.91 Å². The molecule has 2 heterocycles. The van der Waals surface area contributed by atoms with Gasteiger partial charge in [0.2, 0.25) is 0 Å². The van der Waals surface area contributed by atoms with E-state index in [0.717, 1.165) is 30.3 Å². The Morgan fingerprint density at radius 2 is 1.57 bits per heavy atom. The number of rotatable bonds is 6. The third kappa shape index (κ3) is 5.39. The Bertz CT molecular complexity index is 1700. The van der Waals surface area contributed by atoms with Gasteiger partial charge in [-0.15, -0.1) is 0 Å². The Morgan fingerprint density at radius 3 is 2.40 bits per heavy atom. The van der Waals surface area contributed by atoms with Gasteiger partial charge in [-0.2, -0.15) is 13.2 Å². The molecule has 0 radical (unpaired) electrons. The van der Waals surface area contributed by atoms with Crippen molar-refractivity contribution in [3.8, 4) is 0 Å². The Hall–Kier alpha value is -4.69. The number of halogens is 3. The summed E-state index contributed by atoms with van der Waals surface area (Å²) in [7, 11) is 0. The normalized spacial score (nSPS) is 13.3. The maximum absolute atomic E-state index is 13.5. The fourth-order valence-electron chi connectivity index (χ4n) is 5.11. The van der Waals surface area contributed by atoms with Crippen molar-refractivity contribution in [3.05, 3.63) is 131 Å². The molecule has 0 unspecified atom stereocenters. The number of amides is 1. The number of para-hydroxylation sites is 1. The molecule has 6 rings (SSSR count). The second-order valence-electron chi connectivity index (χ2n) is 9.80. The quantitative estimate of drug-likeness (QED) is 0.232. The van der Waals surface area contributed by atoms with Crippen molar-refractivity contribution in [1.29, 1.82) is 0 Å². The number of nitrogens with zero attached hydrogens (tertiary/aromatic N) is 2. The molecule has 4 aromatic carbocycles. The Labute approximate surface area is 229 Å². The van der Waals surface area contributed by atoms with Gasteiger partial charge in [-0.3, -0.25) is 9.69 Å². The Balaban J connectivity index is 1.21. The van der Waals surface area contributed by atoms with Crippen LogP contribution in [0.3, 0.4) is 0 Å². The van der Waals surface area contributed by atoms with Gasteiger partial charge >= 0.3 is 6.18 Å². The van der Waals surface area contributed by atoms with E-state index in [-0.39, 0.29) is 17.1 Å². The van der Waals surface area contributed by atoms with Gasteiger partial charge in [-0.1, -0.05) is 66.7 Å². The summed E-state index contributed by atoms with van der Waals surface area (Å²) in [5.74, 6) is -0.232. The zero-order chi connectivity index (χ0) is 27.7. The van der Waals surface area contributed by atoms with E-state index in [4.69, 9.17) is 0 Å². The molecule has 8 heteroatoms. The highest BCUT2D eigenvalue weighted by Gasteiger charge is 2.33. The zero-order valence-corrected chi connectivity index (χ0v) is 21.4. The second kappa shape index (κ2) is 10.5. The van der Waals surface area contributed by atoms with Gasteiger partial charge in [0.15, 0.2) is 0 Å². The monoisotopic (exact) mass is 538 g/mol. The first-order chi connectivity index (χ1) is 19.3. The van der Waals surface area contributed by atoms with Crippen LogP contribution < -0.4 is 10.6 Å². The number of fused-ring (bicyclic) bond motifs is 2. The fraction of sp³-hybridized carbons (Fsp3) is 0.125. The molecule has 5 aromatic rings. The van der Waals surface area contributed by atoms with Crippen LogP contribution in [0.2, 0.25) is 0 Å². The molecule has 0 fully saturated rings. The van der Waals surface area contributed by atoms with Crippen LogP contribution in [0.4, 0.5) is 30.2 Å². The lowest BCUT2D eigenvalue weighted by Gasteiger charge is -2.15. The summed E-state index contributed by atoms with van der Waals surface area (Å²) < 4.78 is 40.5. The largest absolute Gasteiger partial charge is 0.433 e. The number of carbonyl (C=O) groups is 1. The molecule has 0 spiro atoms. The number of pyridine rings is 1. The molecule has 1 aromatic heterocycles. The minimum absolute atomic E-state index is 0.232. The van der Waals surface area contributed by atoms with Crippen LogP contribution in [0.25, 0.3) is 10.9 Å². The fourth-order valence-corrected chi connectivity index (χ4v) is 5.11. The van der Waals surface area contributed by atoms with Gasteiger partial charge in [0.05, 0.1) is 11.2 Å². The summed E-state index contributed by atoms with van der Waals surface area (Å²) >= 11 is 0. The van der Waals surface area contributed by atoms with Crippen LogP contribution in [-0.4, -0.2) is 15.8 Å². The lowest BCUT2D eigenvalue weighted by molar-refractivity contribution is -0.140. The molecule has 0 bridgehead atoms. The lowest BCUT2D eigenvalue weighted by Crippen LogP contribution is -2.17. The molecule has 1 aliphatic rings. The molecule has 5 nitrogen and oxygen atoms in total. The number of hydrogen-bond acceptors (Lipinski definition) is 4. The van der Waals surface area contributed by atoms with E-state index in [2.05, 4.69) is 38.7 Å². The highest BCUT2D eigenvalue weighted by molar-refractivity contribution is 6.06. The molecular formula is C32H25F3N4O. The van der Waals surface area contributed by atoms with E-state index in [0.29, 0.717) is 28.9 Å². The Morgan fingerprint density at radius 1 is 0.825 bits per heavy atom. The highest BCUT2D eigenvalue weighted by atomic mass is 19.4. The van der Waals surface area contributed by atoms with Crippen LogP contribution >= 0.6 is 0 Å². The number of benzene rings is 4. The van der Waals surface area contributed by atoms with E-state index < -0.39 is 11.9 Å². The maximum Gasteiger partial charge on any atom is 0.433 e. The third-order valence-electron chi connectivity index (χ3n) is 6.95. The van der Waals surface area contributed by atoms with E-state index >= 15 is 0 Å². The van der Waals surface area contributed by atoms with Gasteiger partial charge < -0.3 is 10.6 Å². The first-order valence-corrected chi connectivity index (χ1v) is 12.9. The van der Waals surface area contributed by atoms with Crippen molar-refractivity contribution >= 4 is 33.9 Å². The minimum atomic E-state index is -4.58. The van der Waals surface area contributed by atoms with Crippen LogP contribution in [0.15, 0.2) is 103 Å². The van der Waals surface area contributed by atoms with Crippen molar-refractivity contribution in [2.24, 2.45) is 0 Å². The summed E-state index contributed by atoms with van der Waals surface area (Å²) in [5.41, 5.74) is 4.57. The van der Waals surface area contributed by atoms with Crippen molar-refractivity contribution in [2.75, 3.05) is 10.6 Å². The molecule has 1 aliphatic heterocycles. The summed E-state index contributed by atoms with van der Waals surface area (Å²) in [6.07, 6.45) is -4.58. The van der Waals surface area contributed by atoms with E-state index in [1.54, 1.807) is 48.5 Å². The smallest absolute Gasteiger partial charge is 0.355 e.